The number of β-amino-alcohol motifs (C(OH)–C–C–N with tert-alkyl or cyclic N) is 3. The third kappa shape index (κ3) is 4.95. The minimum atomic E-state index is -1.75. The van der Waals surface area contributed by atoms with Gasteiger partial charge in [0.2, 0.25) is 0 Å². The van der Waals surface area contributed by atoms with Gasteiger partial charge in [0.1, 0.15) is 0 Å². The van der Waals surface area contributed by atoms with Crippen LogP contribution >= 0.6 is 0 Å². The van der Waals surface area contributed by atoms with E-state index in [0.29, 0.717) is 9.80 Å². The highest BCUT2D eigenvalue weighted by Gasteiger charge is 2.45. The Kier molecular flexibility index (Phi) is 8.21. The van der Waals surface area contributed by atoms with Crippen LogP contribution in [-0.2, 0) is 0 Å². The van der Waals surface area contributed by atoms with Crippen molar-refractivity contribution in [2.75, 3.05) is 39.5 Å². The fraction of sp³-hybridized carbons (Fsp3) is 0.917. The molecule has 0 spiro atoms. The third-order valence-electron chi connectivity index (χ3n) is 3.51. The highest BCUT2D eigenvalue weighted by atomic mass is 16.4. The average Bonchev–Trinajstić information content (AvgIpc) is 2.58. The summed E-state index contributed by atoms with van der Waals surface area (Å²) >= 11 is 0. The lowest BCUT2D eigenvalue weighted by molar-refractivity contribution is -0.241. The van der Waals surface area contributed by atoms with Crippen molar-refractivity contribution in [1.29, 1.82) is 0 Å². The molecule has 12 heteroatoms. The van der Waals surface area contributed by atoms with Crippen LogP contribution in [0.4, 0.5) is 4.79 Å². The maximum absolute atomic E-state index is 12.4. The minimum Gasteiger partial charge on any atom is -0.394 e. The molecule has 0 aromatic carbocycles. The zero-order valence-corrected chi connectivity index (χ0v) is 13.0. The van der Waals surface area contributed by atoms with E-state index in [9.17, 15) is 30.3 Å². The molecule has 5 atom stereocenters. The maximum Gasteiger partial charge on any atom is 0.326 e. The number of urea groups is 1. The van der Waals surface area contributed by atoms with E-state index in [1.165, 1.54) is 0 Å². The number of nitrogens with zero attached hydrogens (tertiary/aromatic N) is 3. The van der Waals surface area contributed by atoms with Gasteiger partial charge in [-0.25, -0.2) is 9.69 Å². The quantitative estimate of drug-likeness (QED) is 0.198. The lowest BCUT2D eigenvalue weighted by atomic mass is 10.2. The number of rotatable bonds is 9. The Bertz CT molecular complexity index is 374. The molecule has 12 nitrogen and oxygen atoms in total. The second-order valence-corrected chi connectivity index (χ2v) is 5.49. The average molecular weight is 355 g/mol. The van der Waals surface area contributed by atoms with Crippen LogP contribution in [0.1, 0.15) is 0 Å². The molecule has 0 saturated carbocycles. The first-order chi connectivity index (χ1) is 11.3. The summed E-state index contributed by atoms with van der Waals surface area (Å²) < 4.78 is 0. The highest BCUT2D eigenvalue weighted by molar-refractivity contribution is 5.75. The lowest BCUT2D eigenvalue weighted by Gasteiger charge is -2.49. The maximum atomic E-state index is 12.4. The molecule has 2 amide bonds. The fourth-order valence-electron chi connectivity index (χ4n) is 2.24. The van der Waals surface area contributed by atoms with Crippen molar-refractivity contribution in [3.05, 3.63) is 0 Å². The van der Waals surface area contributed by atoms with Gasteiger partial charge in [0.05, 0.1) is 51.2 Å². The molecule has 0 radical (unpaired) electrons. The predicted molar refractivity (Wildman–Crippen MR) is 76.8 cm³/mol. The molecule has 5 unspecified atom stereocenters. The molecule has 1 fully saturated rings. The number of aliphatic hydroxyl groups excluding tert-OH is 8. The van der Waals surface area contributed by atoms with Gasteiger partial charge in [-0.15, -0.1) is 0 Å². The molecule has 8 N–H and O–H groups in total. The van der Waals surface area contributed by atoms with Crippen LogP contribution in [-0.4, -0.2) is 132 Å². The van der Waals surface area contributed by atoms with E-state index in [1.54, 1.807) is 0 Å². The molecule has 1 heterocycles. The summed E-state index contributed by atoms with van der Waals surface area (Å²) in [6.07, 6.45) is -7.58. The zero-order chi connectivity index (χ0) is 18.4. The number of carbonyl (C=O) groups is 1. The summed E-state index contributed by atoms with van der Waals surface area (Å²) in [5, 5.41) is 75.7. The molecular weight excluding hydrogens is 330 g/mol. The van der Waals surface area contributed by atoms with Crippen LogP contribution in [0.25, 0.3) is 0 Å². The Balaban J connectivity index is 3.03. The number of hydrogen-bond donors (Lipinski definition) is 8. The standard InChI is InChI=1S/C12H25N3O9/c16-4-7(19)1-13-10(22)14(2-8(20)5-17)12(24)15(11(13)23)3-9(21)6-18/h7-11,16-23H,1-6H2. The van der Waals surface area contributed by atoms with Crippen LogP contribution < -0.4 is 0 Å². The summed E-state index contributed by atoms with van der Waals surface area (Å²) in [7, 11) is 0. The van der Waals surface area contributed by atoms with Gasteiger partial charge in [-0.1, -0.05) is 0 Å². The van der Waals surface area contributed by atoms with E-state index < -0.39 is 76.5 Å². The van der Waals surface area contributed by atoms with E-state index in [4.69, 9.17) is 15.3 Å². The Morgan fingerprint density at radius 3 is 1.42 bits per heavy atom. The van der Waals surface area contributed by atoms with E-state index in [0.717, 1.165) is 4.90 Å². The Hall–Kier alpha value is -1.09. The van der Waals surface area contributed by atoms with Crippen molar-refractivity contribution in [3.63, 3.8) is 0 Å². The minimum absolute atomic E-state index is 0.427. The van der Waals surface area contributed by atoms with Gasteiger partial charge in [0, 0.05) is 6.54 Å². The Morgan fingerprint density at radius 2 is 1.08 bits per heavy atom. The van der Waals surface area contributed by atoms with Crippen LogP contribution in [0.15, 0.2) is 0 Å². The smallest absolute Gasteiger partial charge is 0.326 e. The van der Waals surface area contributed by atoms with E-state index >= 15 is 0 Å². The van der Waals surface area contributed by atoms with E-state index in [2.05, 4.69) is 0 Å². The molecule has 24 heavy (non-hydrogen) atoms. The molecule has 1 saturated heterocycles. The predicted octanol–water partition coefficient (Wildman–Crippen LogP) is -5.36. The number of amides is 2. The van der Waals surface area contributed by atoms with E-state index in [-0.39, 0.29) is 0 Å². The van der Waals surface area contributed by atoms with Gasteiger partial charge in [-0.3, -0.25) is 9.80 Å². The van der Waals surface area contributed by atoms with Crippen molar-refractivity contribution in [2.45, 2.75) is 31.0 Å². The second kappa shape index (κ2) is 9.41. The first kappa shape index (κ1) is 21.0. The molecular formula is C12H25N3O9. The fourth-order valence-corrected chi connectivity index (χ4v) is 2.24. The zero-order valence-electron chi connectivity index (χ0n) is 13.0. The van der Waals surface area contributed by atoms with Gasteiger partial charge >= 0.3 is 6.03 Å². The van der Waals surface area contributed by atoms with Gasteiger partial charge in [-0.2, -0.15) is 0 Å². The van der Waals surface area contributed by atoms with Crippen LogP contribution in [0.2, 0.25) is 0 Å². The van der Waals surface area contributed by atoms with Crippen LogP contribution in [0.3, 0.4) is 0 Å². The monoisotopic (exact) mass is 355 g/mol. The number of carbonyl (C=O) groups excluding carboxylic acids is 1. The molecule has 0 aromatic rings. The first-order valence-electron chi connectivity index (χ1n) is 7.32. The van der Waals surface area contributed by atoms with E-state index in [1.807, 2.05) is 0 Å². The molecule has 0 bridgehead atoms. The van der Waals surface area contributed by atoms with Crippen molar-refractivity contribution in [3.8, 4) is 0 Å². The SMILES string of the molecule is O=C1N(CC(O)CO)C(O)N(CC(O)CO)C(O)N1CC(O)CO. The summed E-state index contributed by atoms with van der Waals surface area (Å²) in [5.41, 5.74) is 0. The molecule has 0 aliphatic carbocycles. The first-order valence-corrected chi connectivity index (χ1v) is 7.32. The summed E-state index contributed by atoms with van der Waals surface area (Å²) in [6, 6.07) is -0.954. The van der Waals surface area contributed by atoms with Crippen molar-refractivity contribution >= 4 is 6.03 Å². The Labute approximate surface area is 138 Å². The molecule has 1 rings (SSSR count). The molecule has 142 valence electrons. The largest absolute Gasteiger partial charge is 0.394 e. The van der Waals surface area contributed by atoms with Gasteiger partial charge in [-0.05, 0) is 0 Å². The summed E-state index contributed by atoms with van der Waals surface area (Å²) in [4.78, 5) is 14.6. The Morgan fingerprint density at radius 1 is 0.750 bits per heavy atom. The normalized spacial score (nSPS) is 26.6. The van der Waals surface area contributed by atoms with Crippen LogP contribution in [0.5, 0.6) is 0 Å². The van der Waals surface area contributed by atoms with Crippen LogP contribution in [0, 0.1) is 0 Å². The molecule has 1 aliphatic rings. The molecule has 0 aromatic heterocycles. The lowest BCUT2D eigenvalue weighted by Crippen LogP contribution is -2.71. The van der Waals surface area contributed by atoms with Gasteiger partial charge < -0.3 is 40.9 Å². The van der Waals surface area contributed by atoms with Crippen molar-refractivity contribution in [1.82, 2.24) is 14.7 Å². The summed E-state index contributed by atoms with van der Waals surface area (Å²) in [6.45, 7) is -3.43. The third-order valence-corrected chi connectivity index (χ3v) is 3.51. The number of hydrogen-bond acceptors (Lipinski definition) is 10. The number of aliphatic hydroxyl groups is 8. The molecule has 1 aliphatic heterocycles. The van der Waals surface area contributed by atoms with Gasteiger partial charge in [0.15, 0.2) is 12.7 Å². The second-order valence-electron chi connectivity index (χ2n) is 5.49. The highest BCUT2D eigenvalue weighted by Crippen LogP contribution is 2.21. The van der Waals surface area contributed by atoms with Crippen molar-refractivity contribution < 1.29 is 45.6 Å². The summed E-state index contributed by atoms with van der Waals surface area (Å²) in [5.74, 6) is 0. The van der Waals surface area contributed by atoms with Gasteiger partial charge in [0.25, 0.3) is 0 Å². The topological polar surface area (TPSA) is 189 Å². The van der Waals surface area contributed by atoms with Crippen molar-refractivity contribution in [2.24, 2.45) is 0 Å².